The van der Waals surface area contributed by atoms with Crippen LogP contribution in [-0.4, -0.2) is 28.4 Å². The van der Waals surface area contributed by atoms with Crippen LogP contribution >= 0.6 is 0 Å². The Bertz CT molecular complexity index is 1460. The molecular formula is C31H30N2O4. The van der Waals surface area contributed by atoms with E-state index in [-0.39, 0.29) is 18.2 Å². The molecule has 0 saturated carbocycles. The second-order valence-corrected chi connectivity index (χ2v) is 11.0. The number of aryl methyl sites for hydroxylation is 1. The molecule has 0 aromatic heterocycles. The normalized spacial score (nSPS) is 25.9. The highest BCUT2D eigenvalue weighted by molar-refractivity contribution is 6.24. The number of carbonyl (C=O) groups excluding carboxylic acids is 2. The van der Waals surface area contributed by atoms with E-state index in [1.807, 2.05) is 51.1 Å². The molecule has 2 N–H and O–H groups in total. The van der Waals surface area contributed by atoms with Gasteiger partial charge in [0.15, 0.2) is 0 Å². The number of carboxylic acid groups (broad SMARTS) is 1. The van der Waals surface area contributed by atoms with E-state index in [0.29, 0.717) is 5.69 Å². The number of fused-ring (bicyclic) bond motifs is 4. The Morgan fingerprint density at radius 3 is 2.43 bits per heavy atom. The quantitative estimate of drug-likeness (QED) is 0.386. The summed E-state index contributed by atoms with van der Waals surface area (Å²) in [6, 6.07) is 21.1. The van der Waals surface area contributed by atoms with Gasteiger partial charge in [-0.3, -0.25) is 19.7 Å². The van der Waals surface area contributed by atoms with Crippen molar-refractivity contribution in [2.75, 3.05) is 4.90 Å². The molecule has 37 heavy (non-hydrogen) atoms. The van der Waals surface area contributed by atoms with E-state index < -0.39 is 35.3 Å². The first kappa shape index (κ1) is 23.6. The topological polar surface area (TPSA) is 86.7 Å². The van der Waals surface area contributed by atoms with Gasteiger partial charge in [0.05, 0.1) is 17.5 Å². The van der Waals surface area contributed by atoms with Gasteiger partial charge < -0.3 is 5.11 Å². The number of nitrogens with one attached hydrogen (secondary N) is 1. The van der Waals surface area contributed by atoms with E-state index in [1.54, 1.807) is 12.1 Å². The Morgan fingerprint density at radius 1 is 1.00 bits per heavy atom. The fourth-order valence-electron chi connectivity index (χ4n) is 6.82. The summed E-state index contributed by atoms with van der Waals surface area (Å²) in [5.74, 6) is -3.64. The van der Waals surface area contributed by atoms with Gasteiger partial charge in [0.1, 0.15) is 5.54 Å². The number of para-hydroxylation sites is 1. The van der Waals surface area contributed by atoms with Crippen molar-refractivity contribution in [3.05, 3.63) is 89.0 Å². The van der Waals surface area contributed by atoms with Gasteiger partial charge in [0.25, 0.3) is 0 Å². The van der Waals surface area contributed by atoms with Gasteiger partial charge in [-0.2, -0.15) is 0 Å². The summed E-state index contributed by atoms with van der Waals surface area (Å²) < 4.78 is 0. The fourth-order valence-corrected chi connectivity index (χ4v) is 6.82. The first-order chi connectivity index (χ1) is 17.7. The van der Waals surface area contributed by atoms with Crippen LogP contribution < -0.4 is 10.2 Å². The summed E-state index contributed by atoms with van der Waals surface area (Å²) >= 11 is 0. The van der Waals surface area contributed by atoms with Crippen LogP contribution in [0.2, 0.25) is 0 Å². The minimum Gasteiger partial charge on any atom is -0.480 e. The summed E-state index contributed by atoms with van der Waals surface area (Å²) in [5, 5.41) is 13.9. The van der Waals surface area contributed by atoms with Crippen LogP contribution in [0.5, 0.6) is 0 Å². The standard InChI is InChI=1S/C31H30N2O4/c1-17(2)16-31(30(36)37)26-25(28(34)33(29(26)35)24-11-7-4-8-18(24)3)27(32-31)20-12-13-23-21(15-20)14-19-9-5-6-10-22(19)23/h4-13,15,17,25-27,32H,14,16H2,1-3H3,(H,36,37). The molecule has 2 amide bonds. The summed E-state index contributed by atoms with van der Waals surface area (Å²) in [6.45, 7) is 5.75. The minimum absolute atomic E-state index is 0.00735. The van der Waals surface area contributed by atoms with Crippen molar-refractivity contribution in [2.24, 2.45) is 17.8 Å². The SMILES string of the molecule is Cc1ccccc1N1C(=O)C2C(c3ccc4c(c3)Cc3ccccc3-4)NC(CC(C)C)(C(=O)O)C2C1=O. The zero-order valence-corrected chi connectivity index (χ0v) is 21.2. The zero-order chi connectivity index (χ0) is 26.1. The molecule has 0 radical (unpaired) electrons. The zero-order valence-electron chi connectivity index (χ0n) is 21.2. The summed E-state index contributed by atoms with van der Waals surface area (Å²) in [7, 11) is 0. The lowest BCUT2D eigenvalue weighted by molar-refractivity contribution is -0.149. The molecule has 2 fully saturated rings. The van der Waals surface area contributed by atoms with Crippen LogP contribution in [0, 0.1) is 24.7 Å². The lowest BCUT2D eigenvalue weighted by Gasteiger charge is -2.32. The number of carboxylic acids is 1. The number of benzene rings is 3. The molecule has 6 rings (SSSR count). The van der Waals surface area contributed by atoms with Gasteiger partial charge in [-0.1, -0.05) is 74.5 Å². The second-order valence-electron chi connectivity index (χ2n) is 11.0. The van der Waals surface area contributed by atoms with Crippen LogP contribution in [0.1, 0.15) is 48.6 Å². The molecule has 4 atom stereocenters. The molecule has 2 heterocycles. The molecule has 3 aliphatic rings. The molecule has 0 bridgehead atoms. The van der Waals surface area contributed by atoms with E-state index in [0.717, 1.165) is 28.7 Å². The van der Waals surface area contributed by atoms with Crippen molar-refractivity contribution in [1.82, 2.24) is 5.32 Å². The number of carbonyl (C=O) groups is 3. The van der Waals surface area contributed by atoms with Crippen molar-refractivity contribution in [3.63, 3.8) is 0 Å². The van der Waals surface area contributed by atoms with Gasteiger partial charge in [-0.25, -0.2) is 4.90 Å². The van der Waals surface area contributed by atoms with Crippen LogP contribution in [-0.2, 0) is 20.8 Å². The average molecular weight is 495 g/mol. The number of rotatable bonds is 5. The second kappa shape index (κ2) is 8.38. The van der Waals surface area contributed by atoms with Gasteiger partial charge in [0.2, 0.25) is 11.8 Å². The van der Waals surface area contributed by atoms with Crippen molar-refractivity contribution in [3.8, 4) is 11.1 Å². The summed E-state index contributed by atoms with van der Waals surface area (Å²) in [6.07, 6.45) is 1.04. The summed E-state index contributed by atoms with van der Waals surface area (Å²) in [4.78, 5) is 42.1. The lowest BCUT2D eigenvalue weighted by Crippen LogP contribution is -2.56. The maximum absolute atomic E-state index is 14.0. The maximum atomic E-state index is 14.0. The van der Waals surface area contributed by atoms with Gasteiger partial charge >= 0.3 is 5.97 Å². The average Bonchev–Trinajstić information content (AvgIpc) is 3.48. The Morgan fingerprint density at radius 2 is 1.70 bits per heavy atom. The van der Waals surface area contributed by atoms with Gasteiger partial charge in [-0.15, -0.1) is 0 Å². The first-order valence-corrected chi connectivity index (χ1v) is 12.9. The third kappa shape index (κ3) is 3.39. The molecule has 0 spiro atoms. The van der Waals surface area contributed by atoms with Crippen molar-refractivity contribution in [1.29, 1.82) is 0 Å². The highest BCUT2D eigenvalue weighted by Crippen LogP contribution is 2.52. The van der Waals surface area contributed by atoms with E-state index in [9.17, 15) is 19.5 Å². The first-order valence-electron chi connectivity index (χ1n) is 12.9. The molecule has 4 unspecified atom stereocenters. The predicted molar refractivity (Wildman–Crippen MR) is 141 cm³/mol. The number of hydrogen-bond donors (Lipinski definition) is 2. The smallest absolute Gasteiger partial charge is 0.324 e. The lowest BCUT2D eigenvalue weighted by atomic mass is 9.75. The Kier molecular flexibility index (Phi) is 5.35. The number of aliphatic carboxylic acids is 1. The molecule has 6 nitrogen and oxygen atoms in total. The molecular weight excluding hydrogens is 464 g/mol. The van der Waals surface area contributed by atoms with E-state index in [4.69, 9.17) is 0 Å². The van der Waals surface area contributed by atoms with Crippen LogP contribution in [0.4, 0.5) is 5.69 Å². The van der Waals surface area contributed by atoms with Crippen molar-refractivity contribution in [2.45, 2.75) is 45.2 Å². The van der Waals surface area contributed by atoms with Crippen LogP contribution in [0.25, 0.3) is 11.1 Å². The highest BCUT2D eigenvalue weighted by Gasteiger charge is 2.68. The number of nitrogens with zero attached hydrogens (tertiary/aromatic N) is 1. The van der Waals surface area contributed by atoms with Crippen molar-refractivity contribution >= 4 is 23.5 Å². The Hall–Kier alpha value is -3.77. The van der Waals surface area contributed by atoms with Crippen molar-refractivity contribution < 1.29 is 19.5 Å². The van der Waals surface area contributed by atoms with E-state index in [1.165, 1.54) is 16.0 Å². The predicted octanol–water partition coefficient (Wildman–Crippen LogP) is 4.89. The number of amides is 2. The molecule has 6 heteroatoms. The Balaban J connectivity index is 1.48. The van der Waals surface area contributed by atoms with Crippen LogP contribution in [0.3, 0.4) is 0 Å². The van der Waals surface area contributed by atoms with Crippen LogP contribution in [0.15, 0.2) is 66.7 Å². The number of anilines is 1. The summed E-state index contributed by atoms with van der Waals surface area (Å²) in [5.41, 5.74) is 5.42. The van der Waals surface area contributed by atoms with E-state index >= 15 is 0 Å². The number of hydrogen-bond acceptors (Lipinski definition) is 4. The van der Waals surface area contributed by atoms with Gasteiger partial charge in [-0.05, 0) is 65.1 Å². The number of imide groups is 1. The molecule has 2 saturated heterocycles. The molecule has 3 aromatic rings. The largest absolute Gasteiger partial charge is 0.480 e. The third-order valence-electron chi connectivity index (χ3n) is 8.30. The molecule has 1 aliphatic carbocycles. The molecule has 2 aliphatic heterocycles. The van der Waals surface area contributed by atoms with Gasteiger partial charge in [0, 0.05) is 6.04 Å². The molecule has 3 aromatic carbocycles. The maximum Gasteiger partial charge on any atom is 0.324 e. The fraction of sp³-hybridized carbons (Fsp3) is 0.323. The minimum atomic E-state index is -1.53. The van der Waals surface area contributed by atoms with E-state index in [2.05, 4.69) is 29.6 Å². The Labute approximate surface area is 216 Å². The highest BCUT2D eigenvalue weighted by atomic mass is 16.4. The monoisotopic (exact) mass is 494 g/mol. The third-order valence-corrected chi connectivity index (χ3v) is 8.30. The molecule has 188 valence electrons.